The van der Waals surface area contributed by atoms with E-state index in [0.29, 0.717) is 0 Å². The van der Waals surface area contributed by atoms with Gasteiger partial charge in [0.1, 0.15) is 0 Å². The molecule has 0 spiro atoms. The smallest absolute Gasteiger partial charge is 0.230 e. The fraction of sp³-hybridized carbons (Fsp3) is 0.471. The Balaban J connectivity index is 1.91. The fourth-order valence-corrected chi connectivity index (χ4v) is 2.55. The molecule has 0 heterocycles. The van der Waals surface area contributed by atoms with Crippen molar-refractivity contribution in [1.29, 1.82) is 0 Å². The molecule has 0 saturated heterocycles. The van der Waals surface area contributed by atoms with Gasteiger partial charge in [0.2, 0.25) is 5.91 Å². The molecule has 0 fully saturated rings. The summed E-state index contributed by atoms with van der Waals surface area (Å²) >= 11 is 0. The minimum absolute atomic E-state index is 0.0702. The number of amides is 1. The van der Waals surface area contributed by atoms with Crippen molar-refractivity contribution in [1.82, 2.24) is 5.32 Å². The van der Waals surface area contributed by atoms with Crippen LogP contribution in [0.15, 0.2) is 35.9 Å². The Morgan fingerprint density at radius 2 is 2.00 bits per heavy atom. The molecule has 1 aromatic carbocycles. The van der Waals surface area contributed by atoms with E-state index in [4.69, 9.17) is 5.73 Å². The average molecular weight is 272 g/mol. The lowest BCUT2D eigenvalue weighted by molar-refractivity contribution is -0.125. The number of carbonyl (C=O) groups is 1. The van der Waals surface area contributed by atoms with Crippen LogP contribution in [0.2, 0.25) is 0 Å². The molecule has 0 saturated carbocycles. The molecule has 20 heavy (non-hydrogen) atoms. The predicted molar refractivity (Wildman–Crippen MR) is 83.4 cm³/mol. The van der Waals surface area contributed by atoms with Gasteiger partial charge in [-0.15, -0.1) is 0 Å². The first-order chi connectivity index (χ1) is 9.50. The van der Waals surface area contributed by atoms with E-state index in [1.807, 2.05) is 38.1 Å². The molecule has 108 valence electrons. The van der Waals surface area contributed by atoms with E-state index >= 15 is 0 Å². The van der Waals surface area contributed by atoms with E-state index in [-0.39, 0.29) is 5.91 Å². The molecular formula is C17H24N2O. The minimum atomic E-state index is -0.530. The van der Waals surface area contributed by atoms with Crippen molar-refractivity contribution >= 4 is 11.6 Å². The summed E-state index contributed by atoms with van der Waals surface area (Å²) in [5, 5.41) is 3.05. The van der Waals surface area contributed by atoms with Crippen molar-refractivity contribution in [2.75, 3.05) is 12.3 Å². The summed E-state index contributed by atoms with van der Waals surface area (Å²) in [5.74, 6) is 0.0702. The number of allylic oxidation sites excluding steroid dienone is 1. The molecule has 1 aliphatic rings. The minimum Gasteiger partial charge on any atom is -0.399 e. The Kier molecular flexibility index (Phi) is 4.48. The van der Waals surface area contributed by atoms with E-state index in [2.05, 4.69) is 11.4 Å². The molecule has 3 heteroatoms. The normalized spacial score (nSPS) is 15.0. The van der Waals surface area contributed by atoms with Gasteiger partial charge < -0.3 is 11.1 Å². The molecule has 0 radical (unpaired) electrons. The Morgan fingerprint density at radius 3 is 2.60 bits per heavy atom. The zero-order valence-electron chi connectivity index (χ0n) is 12.4. The number of nitrogens with two attached hydrogens (primary N) is 1. The van der Waals surface area contributed by atoms with Gasteiger partial charge in [0, 0.05) is 12.2 Å². The van der Waals surface area contributed by atoms with Gasteiger partial charge in [0.05, 0.1) is 5.41 Å². The Morgan fingerprint density at radius 1 is 1.30 bits per heavy atom. The van der Waals surface area contributed by atoms with Crippen molar-refractivity contribution < 1.29 is 4.79 Å². The van der Waals surface area contributed by atoms with Gasteiger partial charge in [0.15, 0.2) is 0 Å². The van der Waals surface area contributed by atoms with E-state index < -0.39 is 5.41 Å². The SMILES string of the molecule is CC(C)(C(=O)NCCC1=CCCC1)c1ccc(N)cc1. The zero-order chi connectivity index (χ0) is 14.6. The highest BCUT2D eigenvalue weighted by atomic mass is 16.2. The first-order valence-corrected chi connectivity index (χ1v) is 7.32. The number of carbonyl (C=O) groups excluding carboxylic acids is 1. The van der Waals surface area contributed by atoms with Crippen LogP contribution in [-0.2, 0) is 10.2 Å². The van der Waals surface area contributed by atoms with Crippen molar-refractivity contribution in [3.05, 3.63) is 41.5 Å². The highest BCUT2D eigenvalue weighted by Gasteiger charge is 2.29. The second-order valence-corrected chi connectivity index (χ2v) is 6.01. The monoisotopic (exact) mass is 272 g/mol. The van der Waals surface area contributed by atoms with E-state index in [0.717, 1.165) is 24.2 Å². The molecule has 1 aliphatic carbocycles. The summed E-state index contributed by atoms with van der Waals surface area (Å²) in [6.45, 7) is 4.62. The number of anilines is 1. The van der Waals surface area contributed by atoms with Crippen LogP contribution in [0.4, 0.5) is 5.69 Å². The van der Waals surface area contributed by atoms with Crippen molar-refractivity contribution in [2.24, 2.45) is 0 Å². The van der Waals surface area contributed by atoms with E-state index in [1.54, 1.807) is 0 Å². The molecule has 0 atom stereocenters. The highest BCUT2D eigenvalue weighted by Crippen LogP contribution is 2.24. The van der Waals surface area contributed by atoms with Crippen LogP contribution < -0.4 is 11.1 Å². The van der Waals surface area contributed by atoms with Crippen LogP contribution in [-0.4, -0.2) is 12.5 Å². The Labute approximate surface area is 121 Å². The van der Waals surface area contributed by atoms with Gasteiger partial charge >= 0.3 is 0 Å². The summed E-state index contributed by atoms with van der Waals surface area (Å²) in [6.07, 6.45) is 6.93. The Bertz CT molecular complexity index is 500. The van der Waals surface area contributed by atoms with Crippen LogP contribution >= 0.6 is 0 Å². The van der Waals surface area contributed by atoms with Crippen molar-refractivity contribution in [3.63, 3.8) is 0 Å². The van der Waals surface area contributed by atoms with Crippen LogP contribution in [0.5, 0.6) is 0 Å². The number of nitrogen functional groups attached to an aromatic ring is 1. The summed E-state index contributed by atoms with van der Waals surface area (Å²) in [7, 11) is 0. The standard InChI is InChI=1S/C17H24N2O/c1-17(2,14-7-9-15(18)10-8-14)16(20)19-12-11-13-5-3-4-6-13/h5,7-10H,3-4,6,11-12,18H2,1-2H3,(H,19,20). The summed E-state index contributed by atoms with van der Waals surface area (Å²) in [6, 6.07) is 7.53. The maximum atomic E-state index is 12.4. The van der Waals surface area contributed by atoms with Gasteiger partial charge in [-0.1, -0.05) is 23.8 Å². The van der Waals surface area contributed by atoms with Gasteiger partial charge in [-0.2, -0.15) is 0 Å². The molecule has 1 aromatic rings. The Hall–Kier alpha value is -1.77. The van der Waals surface area contributed by atoms with Crippen molar-refractivity contribution in [3.8, 4) is 0 Å². The lowest BCUT2D eigenvalue weighted by Crippen LogP contribution is -2.40. The molecule has 2 rings (SSSR count). The quantitative estimate of drug-likeness (QED) is 0.639. The molecule has 1 amide bonds. The van der Waals surface area contributed by atoms with Gasteiger partial charge in [-0.25, -0.2) is 0 Å². The topological polar surface area (TPSA) is 55.1 Å². The summed E-state index contributed by atoms with van der Waals surface area (Å²) in [4.78, 5) is 12.4. The first kappa shape index (κ1) is 14.6. The maximum Gasteiger partial charge on any atom is 0.230 e. The molecule has 0 unspecified atom stereocenters. The lowest BCUT2D eigenvalue weighted by atomic mass is 9.83. The molecule has 3 nitrogen and oxygen atoms in total. The largest absolute Gasteiger partial charge is 0.399 e. The number of nitrogens with one attached hydrogen (secondary N) is 1. The van der Waals surface area contributed by atoms with Crippen molar-refractivity contribution in [2.45, 2.75) is 44.9 Å². The van der Waals surface area contributed by atoms with E-state index in [9.17, 15) is 4.79 Å². The third kappa shape index (κ3) is 3.41. The van der Waals surface area contributed by atoms with Gasteiger partial charge in [-0.3, -0.25) is 4.79 Å². The van der Waals surface area contributed by atoms with Crippen LogP contribution in [0.3, 0.4) is 0 Å². The second-order valence-electron chi connectivity index (χ2n) is 6.01. The van der Waals surface area contributed by atoms with Gasteiger partial charge in [0.25, 0.3) is 0 Å². The average Bonchev–Trinajstić information content (AvgIpc) is 2.92. The maximum absolute atomic E-state index is 12.4. The molecule has 3 N–H and O–H groups in total. The number of hydrogen-bond donors (Lipinski definition) is 2. The lowest BCUT2D eigenvalue weighted by Gasteiger charge is -2.24. The van der Waals surface area contributed by atoms with E-state index in [1.165, 1.54) is 24.8 Å². The third-order valence-electron chi connectivity index (χ3n) is 4.07. The van der Waals surface area contributed by atoms with Crippen LogP contribution in [0.25, 0.3) is 0 Å². The zero-order valence-corrected chi connectivity index (χ0v) is 12.4. The first-order valence-electron chi connectivity index (χ1n) is 7.32. The molecular weight excluding hydrogens is 248 g/mol. The fourth-order valence-electron chi connectivity index (χ4n) is 2.55. The molecule has 0 aliphatic heterocycles. The summed E-state index contributed by atoms with van der Waals surface area (Å²) in [5.41, 5.74) is 8.35. The predicted octanol–water partition coefficient (Wildman–Crippen LogP) is 3.16. The molecule has 0 aromatic heterocycles. The highest BCUT2D eigenvalue weighted by molar-refractivity contribution is 5.87. The van der Waals surface area contributed by atoms with Crippen LogP contribution in [0, 0.1) is 0 Å². The third-order valence-corrected chi connectivity index (χ3v) is 4.07. The van der Waals surface area contributed by atoms with Crippen LogP contribution in [0.1, 0.15) is 45.1 Å². The van der Waals surface area contributed by atoms with Gasteiger partial charge in [-0.05, 0) is 57.2 Å². The molecule has 0 bridgehead atoms. The number of benzene rings is 1. The number of rotatable bonds is 5. The number of hydrogen-bond acceptors (Lipinski definition) is 2. The summed E-state index contributed by atoms with van der Waals surface area (Å²) < 4.78 is 0. The second kappa shape index (κ2) is 6.12.